The van der Waals surface area contributed by atoms with Crippen LogP contribution < -0.4 is 0 Å². The van der Waals surface area contributed by atoms with Crippen molar-refractivity contribution in [1.29, 1.82) is 0 Å². The van der Waals surface area contributed by atoms with Crippen LogP contribution in [0.1, 0.15) is 32.0 Å². The molecule has 0 saturated carbocycles. The van der Waals surface area contributed by atoms with Crippen molar-refractivity contribution in [3.8, 4) is 0 Å². The molecular weight excluding hydrogens is 152 g/mol. The normalized spacial score (nSPS) is 13.2. The van der Waals surface area contributed by atoms with Gasteiger partial charge in [-0.1, -0.05) is 6.92 Å². The van der Waals surface area contributed by atoms with Gasteiger partial charge in [0.2, 0.25) is 0 Å². The fourth-order valence-electron chi connectivity index (χ4n) is 1.06. The van der Waals surface area contributed by atoms with Crippen molar-refractivity contribution in [3.05, 3.63) is 18.0 Å². The summed E-state index contributed by atoms with van der Waals surface area (Å²) < 4.78 is 1.95. The summed E-state index contributed by atoms with van der Waals surface area (Å²) in [5, 5.41) is 13.0. The molecule has 1 N–H and O–H groups in total. The summed E-state index contributed by atoms with van der Waals surface area (Å²) in [5.41, 5.74) is 0.970. The Morgan fingerprint density at radius 3 is 3.00 bits per heavy atom. The van der Waals surface area contributed by atoms with Crippen LogP contribution >= 0.6 is 0 Å². The van der Waals surface area contributed by atoms with Gasteiger partial charge >= 0.3 is 0 Å². The number of hydrogen-bond acceptors (Lipinski definition) is 2. The van der Waals surface area contributed by atoms with Crippen molar-refractivity contribution >= 4 is 0 Å². The first-order valence-electron chi connectivity index (χ1n) is 4.42. The van der Waals surface area contributed by atoms with Gasteiger partial charge in [-0.2, -0.15) is 5.10 Å². The van der Waals surface area contributed by atoms with Gasteiger partial charge in [0.05, 0.1) is 5.69 Å². The second-order valence-electron chi connectivity index (χ2n) is 3.02. The Labute approximate surface area is 73.0 Å². The highest BCUT2D eigenvalue weighted by atomic mass is 16.3. The Kier molecular flexibility index (Phi) is 3.29. The van der Waals surface area contributed by atoms with Crippen LogP contribution in [0.25, 0.3) is 0 Å². The fraction of sp³-hybridized carbons (Fsp3) is 0.667. The van der Waals surface area contributed by atoms with Crippen LogP contribution in [0.15, 0.2) is 12.3 Å². The number of aromatic nitrogens is 2. The molecule has 0 aliphatic heterocycles. The van der Waals surface area contributed by atoms with Gasteiger partial charge in [0.25, 0.3) is 0 Å². The number of aliphatic hydroxyl groups excluding tert-OH is 1. The molecular formula is C9H16N2O. The van der Waals surface area contributed by atoms with E-state index in [9.17, 15) is 0 Å². The largest absolute Gasteiger partial charge is 0.396 e. The highest BCUT2D eigenvalue weighted by Crippen LogP contribution is 2.08. The van der Waals surface area contributed by atoms with E-state index in [0.29, 0.717) is 12.5 Å². The molecule has 12 heavy (non-hydrogen) atoms. The number of hydrogen-bond donors (Lipinski definition) is 1. The molecule has 1 aromatic heterocycles. The highest BCUT2D eigenvalue weighted by molar-refractivity contribution is 4.99. The van der Waals surface area contributed by atoms with Gasteiger partial charge in [-0.15, -0.1) is 0 Å². The zero-order chi connectivity index (χ0) is 8.97. The molecule has 0 amide bonds. The lowest BCUT2D eigenvalue weighted by molar-refractivity contribution is 0.297. The Hall–Kier alpha value is -0.830. The Bertz CT molecular complexity index is 232. The van der Waals surface area contributed by atoms with Gasteiger partial charge in [0, 0.05) is 25.3 Å². The second kappa shape index (κ2) is 4.26. The second-order valence-corrected chi connectivity index (χ2v) is 3.02. The van der Waals surface area contributed by atoms with Crippen LogP contribution in [0.2, 0.25) is 0 Å². The molecule has 1 atom stereocenters. The smallest absolute Gasteiger partial charge is 0.0647 e. The van der Waals surface area contributed by atoms with Gasteiger partial charge in [0.15, 0.2) is 0 Å². The highest BCUT2D eigenvalue weighted by Gasteiger charge is 2.03. The standard InChI is InChI=1S/C9H16N2O/c1-3-8(2)11-6-4-9(10-11)5-7-12/h4,6,8,12H,3,5,7H2,1-2H3. The maximum Gasteiger partial charge on any atom is 0.0647 e. The number of aliphatic hydroxyl groups is 1. The summed E-state index contributed by atoms with van der Waals surface area (Å²) in [6.07, 6.45) is 3.71. The first-order chi connectivity index (χ1) is 5.77. The van der Waals surface area contributed by atoms with Gasteiger partial charge < -0.3 is 5.11 Å². The molecule has 3 nitrogen and oxygen atoms in total. The molecule has 0 radical (unpaired) electrons. The third kappa shape index (κ3) is 2.08. The topological polar surface area (TPSA) is 38.0 Å². The maximum atomic E-state index is 8.68. The Morgan fingerprint density at radius 2 is 2.42 bits per heavy atom. The minimum atomic E-state index is 0.178. The SMILES string of the molecule is CCC(C)n1ccc(CCO)n1. The third-order valence-corrected chi connectivity index (χ3v) is 2.07. The van der Waals surface area contributed by atoms with E-state index in [1.165, 1.54) is 0 Å². The molecule has 1 unspecified atom stereocenters. The number of rotatable bonds is 4. The molecule has 0 aliphatic carbocycles. The zero-order valence-electron chi connectivity index (χ0n) is 7.70. The molecule has 1 rings (SSSR count). The first kappa shape index (κ1) is 9.26. The van der Waals surface area contributed by atoms with Crippen molar-refractivity contribution in [2.24, 2.45) is 0 Å². The quantitative estimate of drug-likeness (QED) is 0.737. The predicted octanol–water partition coefficient (Wildman–Crippen LogP) is 1.39. The Balaban J connectivity index is 2.63. The lowest BCUT2D eigenvalue weighted by Gasteiger charge is -2.07. The average molecular weight is 168 g/mol. The molecule has 0 aliphatic rings. The van der Waals surface area contributed by atoms with E-state index >= 15 is 0 Å². The number of nitrogens with zero attached hydrogens (tertiary/aromatic N) is 2. The van der Waals surface area contributed by atoms with Gasteiger partial charge in [-0.3, -0.25) is 4.68 Å². The minimum Gasteiger partial charge on any atom is -0.396 e. The fourth-order valence-corrected chi connectivity index (χ4v) is 1.06. The van der Waals surface area contributed by atoms with Crippen LogP contribution in [-0.4, -0.2) is 21.5 Å². The molecule has 0 spiro atoms. The van der Waals surface area contributed by atoms with Gasteiger partial charge in [-0.25, -0.2) is 0 Å². The van der Waals surface area contributed by atoms with Crippen LogP contribution in [0.5, 0.6) is 0 Å². The summed E-state index contributed by atoms with van der Waals surface area (Å²) in [4.78, 5) is 0. The Morgan fingerprint density at radius 1 is 1.67 bits per heavy atom. The van der Waals surface area contributed by atoms with Crippen LogP contribution in [-0.2, 0) is 6.42 Å². The zero-order valence-corrected chi connectivity index (χ0v) is 7.70. The van der Waals surface area contributed by atoms with Crippen molar-refractivity contribution in [2.75, 3.05) is 6.61 Å². The van der Waals surface area contributed by atoms with E-state index < -0.39 is 0 Å². The van der Waals surface area contributed by atoms with Crippen LogP contribution in [0.3, 0.4) is 0 Å². The molecule has 1 aromatic rings. The van der Waals surface area contributed by atoms with Crippen molar-refractivity contribution in [2.45, 2.75) is 32.7 Å². The van der Waals surface area contributed by atoms with Gasteiger partial charge in [-0.05, 0) is 19.4 Å². The molecule has 1 heterocycles. The summed E-state index contributed by atoms with van der Waals surface area (Å²) in [5.74, 6) is 0. The summed E-state index contributed by atoms with van der Waals surface area (Å²) >= 11 is 0. The molecule has 3 heteroatoms. The predicted molar refractivity (Wildman–Crippen MR) is 48.0 cm³/mol. The molecule has 68 valence electrons. The van der Waals surface area contributed by atoms with E-state index in [1.54, 1.807) is 0 Å². The summed E-state index contributed by atoms with van der Waals surface area (Å²) in [7, 11) is 0. The lowest BCUT2D eigenvalue weighted by Crippen LogP contribution is -2.05. The van der Waals surface area contributed by atoms with E-state index in [-0.39, 0.29) is 6.61 Å². The minimum absolute atomic E-state index is 0.178. The summed E-state index contributed by atoms with van der Waals surface area (Å²) in [6.45, 7) is 4.45. The molecule has 0 bridgehead atoms. The van der Waals surface area contributed by atoms with Crippen molar-refractivity contribution < 1.29 is 5.11 Å². The van der Waals surface area contributed by atoms with Crippen LogP contribution in [0, 0.1) is 0 Å². The van der Waals surface area contributed by atoms with Crippen LogP contribution in [0.4, 0.5) is 0 Å². The summed E-state index contributed by atoms with van der Waals surface area (Å²) in [6, 6.07) is 2.42. The average Bonchev–Trinajstić information content (AvgIpc) is 2.52. The van der Waals surface area contributed by atoms with Crippen molar-refractivity contribution in [3.63, 3.8) is 0 Å². The monoisotopic (exact) mass is 168 g/mol. The van der Waals surface area contributed by atoms with E-state index in [0.717, 1.165) is 12.1 Å². The third-order valence-electron chi connectivity index (χ3n) is 2.07. The first-order valence-corrected chi connectivity index (χ1v) is 4.42. The van der Waals surface area contributed by atoms with Crippen molar-refractivity contribution in [1.82, 2.24) is 9.78 Å². The van der Waals surface area contributed by atoms with E-state index in [4.69, 9.17) is 5.11 Å². The molecule has 0 aromatic carbocycles. The van der Waals surface area contributed by atoms with E-state index in [2.05, 4.69) is 18.9 Å². The van der Waals surface area contributed by atoms with E-state index in [1.807, 2.05) is 16.9 Å². The lowest BCUT2D eigenvalue weighted by atomic mass is 10.3. The molecule has 0 saturated heterocycles. The maximum absolute atomic E-state index is 8.68. The molecule has 0 fully saturated rings. The van der Waals surface area contributed by atoms with Gasteiger partial charge in [0.1, 0.15) is 0 Å².